The molecule has 0 aromatic heterocycles. The van der Waals surface area contributed by atoms with Gasteiger partial charge in [-0.1, -0.05) is 77.6 Å². The Bertz CT molecular complexity index is 641. The first-order valence-corrected chi connectivity index (χ1v) is 13.3. The third kappa shape index (κ3) is 2.88. The Balaban J connectivity index is 1.69. The Morgan fingerprint density at radius 2 is 1.62 bits per heavy atom. The van der Waals surface area contributed by atoms with E-state index in [1.165, 1.54) is 35.8 Å². The second-order valence-corrected chi connectivity index (χ2v) is 13.1. The first kappa shape index (κ1) is 16.5. The SMILES string of the molecule is C[P@@]1O[C@H](C[Si](C)(c2ccccc2)c2ccccc2)[C@@H]2CCCN21. The fourth-order valence-corrected chi connectivity index (χ4v) is 10.2. The molecule has 4 rings (SSSR count). The summed E-state index contributed by atoms with van der Waals surface area (Å²) in [7, 11) is -2.18. The Labute approximate surface area is 147 Å². The van der Waals surface area contributed by atoms with Crippen molar-refractivity contribution in [1.29, 1.82) is 0 Å². The zero-order valence-electron chi connectivity index (χ0n) is 14.6. The van der Waals surface area contributed by atoms with Gasteiger partial charge < -0.3 is 4.52 Å². The number of rotatable bonds is 4. The molecule has 2 aliphatic rings. The van der Waals surface area contributed by atoms with E-state index in [9.17, 15) is 0 Å². The van der Waals surface area contributed by atoms with Crippen molar-refractivity contribution >= 4 is 26.7 Å². The maximum atomic E-state index is 6.49. The molecule has 2 nitrogen and oxygen atoms in total. The molecular weight excluding hydrogens is 329 g/mol. The predicted molar refractivity (Wildman–Crippen MR) is 106 cm³/mol. The van der Waals surface area contributed by atoms with E-state index < -0.39 is 8.07 Å². The summed E-state index contributed by atoms with van der Waals surface area (Å²) in [6.45, 7) is 6.05. The highest BCUT2D eigenvalue weighted by Gasteiger charge is 2.47. The van der Waals surface area contributed by atoms with Gasteiger partial charge in [-0.25, -0.2) is 0 Å². The molecular formula is C20H26NOPSi. The molecule has 2 aromatic rings. The van der Waals surface area contributed by atoms with Crippen LogP contribution < -0.4 is 10.4 Å². The molecule has 4 heteroatoms. The van der Waals surface area contributed by atoms with Gasteiger partial charge in [-0.2, -0.15) is 0 Å². The minimum absolute atomic E-state index is 0.380. The Morgan fingerprint density at radius 1 is 1.04 bits per heavy atom. The fourth-order valence-electron chi connectivity index (χ4n) is 4.42. The van der Waals surface area contributed by atoms with Crippen molar-refractivity contribution in [3.05, 3.63) is 60.7 Å². The quantitative estimate of drug-likeness (QED) is 0.613. The Kier molecular flexibility index (Phi) is 4.61. The first-order valence-electron chi connectivity index (χ1n) is 8.96. The molecule has 24 heavy (non-hydrogen) atoms. The highest BCUT2D eigenvalue weighted by molar-refractivity contribution is 7.49. The van der Waals surface area contributed by atoms with Gasteiger partial charge in [0.2, 0.25) is 0 Å². The van der Waals surface area contributed by atoms with E-state index in [1.807, 2.05) is 0 Å². The van der Waals surface area contributed by atoms with Crippen LogP contribution >= 0.6 is 8.30 Å². The number of nitrogens with zero attached hydrogens (tertiary/aromatic N) is 1. The van der Waals surface area contributed by atoms with Crippen molar-refractivity contribution in [1.82, 2.24) is 4.67 Å². The summed E-state index contributed by atoms with van der Waals surface area (Å²) in [5, 5.41) is 3.05. The molecule has 0 saturated carbocycles. The van der Waals surface area contributed by atoms with Crippen LogP contribution in [0.25, 0.3) is 0 Å². The lowest BCUT2D eigenvalue weighted by molar-refractivity contribution is 0.230. The monoisotopic (exact) mass is 355 g/mol. The van der Waals surface area contributed by atoms with Gasteiger partial charge in [0.25, 0.3) is 0 Å². The smallest absolute Gasteiger partial charge is 0.117 e. The standard InChI is InChI=1S/C20H26NOPSi/c1-23-21-15-9-14-19(21)20(22-23)16-24(2,17-10-5-3-6-11-17)18-12-7-4-8-13-18/h3-8,10-13,19-20H,9,14-16H2,1-2H3/t19-,20+,23+/m0/s1. The van der Waals surface area contributed by atoms with Crippen LogP contribution in [-0.2, 0) is 4.52 Å². The molecule has 2 fully saturated rings. The van der Waals surface area contributed by atoms with E-state index in [0.29, 0.717) is 12.1 Å². The van der Waals surface area contributed by atoms with Crippen molar-refractivity contribution < 1.29 is 4.52 Å². The van der Waals surface area contributed by atoms with E-state index in [2.05, 4.69) is 78.5 Å². The van der Waals surface area contributed by atoms with Gasteiger partial charge in [0.15, 0.2) is 0 Å². The zero-order chi connectivity index (χ0) is 16.6. The lowest BCUT2D eigenvalue weighted by Crippen LogP contribution is -2.58. The molecule has 0 bridgehead atoms. The topological polar surface area (TPSA) is 12.5 Å². The van der Waals surface area contributed by atoms with Crippen molar-refractivity contribution in [3.8, 4) is 0 Å². The normalized spacial score (nSPS) is 27.3. The van der Waals surface area contributed by atoms with Crippen LogP contribution in [0.2, 0.25) is 12.6 Å². The van der Waals surface area contributed by atoms with Crippen LogP contribution in [0.15, 0.2) is 60.7 Å². The average molecular weight is 355 g/mol. The summed E-state index contributed by atoms with van der Waals surface area (Å²) in [4.78, 5) is 0. The van der Waals surface area contributed by atoms with Gasteiger partial charge in [-0.15, -0.1) is 0 Å². The summed E-state index contributed by atoms with van der Waals surface area (Å²) in [5.74, 6) is 0. The molecule has 0 amide bonds. The van der Waals surface area contributed by atoms with E-state index >= 15 is 0 Å². The largest absolute Gasteiger partial charge is 0.339 e. The van der Waals surface area contributed by atoms with Gasteiger partial charge in [-0.3, -0.25) is 4.67 Å². The van der Waals surface area contributed by atoms with Crippen LogP contribution in [0.3, 0.4) is 0 Å². The van der Waals surface area contributed by atoms with E-state index in [4.69, 9.17) is 4.52 Å². The highest BCUT2D eigenvalue weighted by atomic mass is 31.2. The van der Waals surface area contributed by atoms with Crippen molar-refractivity contribution in [2.45, 2.75) is 37.6 Å². The van der Waals surface area contributed by atoms with Gasteiger partial charge in [0.1, 0.15) is 16.4 Å². The fraction of sp³-hybridized carbons (Fsp3) is 0.400. The molecule has 3 atom stereocenters. The van der Waals surface area contributed by atoms with Gasteiger partial charge in [-0.05, 0) is 25.6 Å². The molecule has 2 saturated heterocycles. The van der Waals surface area contributed by atoms with Crippen LogP contribution in [0.4, 0.5) is 0 Å². The molecule has 0 unspecified atom stereocenters. The molecule has 0 N–H and O–H groups in total. The van der Waals surface area contributed by atoms with Crippen molar-refractivity contribution in [3.63, 3.8) is 0 Å². The average Bonchev–Trinajstić information content (AvgIpc) is 3.22. The lowest BCUT2D eigenvalue weighted by atomic mass is 10.1. The Hall–Kier alpha value is -0.993. The van der Waals surface area contributed by atoms with Crippen LogP contribution in [0.5, 0.6) is 0 Å². The predicted octanol–water partition coefficient (Wildman–Crippen LogP) is 3.68. The summed E-state index contributed by atoms with van der Waals surface area (Å²) in [6, 6.07) is 24.2. The van der Waals surface area contributed by atoms with Crippen molar-refractivity contribution in [2.75, 3.05) is 13.2 Å². The molecule has 2 aliphatic heterocycles. The first-order chi connectivity index (χ1) is 11.7. The van der Waals surface area contributed by atoms with E-state index in [-0.39, 0.29) is 8.30 Å². The minimum Gasteiger partial charge on any atom is -0.339 e. The van der Waals surface area contributed by atoms with Gasteiger partial charge in [0, 0.05) is 12.6 Å². The summed E-state index contributed by atoms with van der Waals surface area (Å²) < 4.78 is 9.14. The van der Waals surface area contributed by atoms with Crippen molar-refractivity contribution in [2.24, 2.45) is 0 Å². The summed E-state index contributed by atoms with van der Waals surface area (Å²) in [6.07, 6.45) is 3.05. The van der Waals surface area contributed by atoms with Crippen LogP contribution in [-0.4, -0.2) is 38.1 Å². The van der Waals surface area contributed by atoms with Gasteiger partial charge >= 0.3 is 0 Å². The van der Waals surface area contributed by atoms with E-state index in [1.54, 1.807) is 0 Å². The lowest BCUT2D eigenvalue weighted by Gasteiger charge is -2.32. The molecule has 2 aromatic carbocycles. The van der Waals surface area contributed by atoms with Crippen LogP contribution in [0, 0.1) is 0 Å². The minimum atomic E-state index is -1.80. The molecule has 2 heterocycles. The Morgan fingerprint density at radius 3 is 2.21 bits per heavy atom. The van der Waals surface area contributed by atoms with Gasteiger partial charge in [0.05, 0.1) is 6.10 Å². The second-order valence-electron chi connectivity index (χ2n) is 7.25. The summed E-state index contributed by atoms with van der Waals surface area (Å²) >= 11 is 0. The molecule has 126 valence electrons. The number of fused-ring (bicyclic) bond motifs is 1. The second kappa shape index (κ2) is 6.72. The third-order valence-corrected chi connectivity index (χ3v) is 12.0. The molecule has 0 aliphatic carbocycles. The molecule has 0 radical (unpaired) electrons. The maximum Gasteiger partial charge on any atom is 0.117 e. The maximum absolute atomic E-state index is 6.49. The third-order valence-electron chi connectivity index (χ3n) is 5.78. The summed E-state index contributed by atoms with van der Waals surface area (Å²) in [5.41, 5.74) is 0. The number of hydrogen-bond acceptors (Lipinski definition) is 2. The number of hydrogen-bond donors (Lipinski definition) is 0. The zero-order valence-corrected chi connectivity index (χ0v) is 16.5. The van der Waals surface area contributed by atoms with E-state index in [0.717, 1.165) is 0 Å². The number of benzene rings is 2. The highest BCUT2D eigenvalue weighted by Crippen LogP contribution is 2.53. The van der Waals surface area contributed by atoms with Crippen LogP contribution in [0.1, 0.15) is 12.8 Å². The molecule has 0 spiro atoms.